The molecular weight excluding hydrogens is 507 g/mol. The molecular formula is C22H25ClF3N5O5. The molecule has 4 rings (SSSR count). The standard InChI is InChI=1S/C22H25ClF3N5O5/c1-13(36-17-10-28-29-21(33)19(17)22(24,25)26)12-34-6-3-18(32)30-4-5-31-15(11-30)2-7-35-16-8-14(23)9-27-20(16)31/h8-10,13,15H,2-7,11-12H2,1H3,(H,29,33)/t13-,15-/m0/s1. The van der Waals surface area contributed by atoms with E-state index in [1.54, 1.807) is 22.3 Å². The number of carbonyl (C=O) groups is 1. The largest absolute Gasteiger partial charge is 0.490 e. The molecule has 0 spiro atoms. The Kier molecular flexibility index (Phi) is 7.88. The summed E-state index contributed by atoms with van der Waals surface area (Å²) in [5.41, 5.74) is -2.84. The smallest absolute Gasteiger partial charge is 0.425 e. The number of amides is 1. The minimum atomic E-state index is -4.89. The summed E-state index contributed by atoms with van der Waals surface area (Å²) in [5, 5.41) is 5.60. The number of ether oxygens (including phenoxy) is 3. The van der Waals surface area contributed by atoms with E-state index in [1.165, 1.54) is 6.92 Å². The highest BCUT2D eigenvalue weighted by atomic mass is 35.5. The minimum Gasteiger partial charge on any atom is -0.490 e. The van der Waals surface area contributed by atoms with Crippen LogP contribution >= 0.6 is 11.6 Å². The zero-order valence-electron chi connectivity index (χ0n) is 19.4. The Balaban J connectivity index is 1.24. The molecule has 0 bridgehead atoms. The number of aromatic amines is 1. The molecule has 1 amide bonds. The fourth-order valence-electron chi connectivity index (χ4n) is 4.21. The lowest BCUT2D eigenvalue weighted by molar-refractivity contribution is -0.141. The number of halogens is 4. The van der Waals surface area contributed by atoms with Gasteiger partial charge in [-0.25, -0.2) is 10.1 Å². The molecule has 1 fully saturated rings. The summed E-state index contributed by atoms with van der Waals surface area (Å²) in [6, 6.07) is 1.79. The predicted octanol–water partition coefficient (Wildman–Crippen LogP) is 2.51. The van der Waals surface area contributed by atoms with Crippen LogP contribution in [0.3, 0.4) is 0 Å². The van der Waals surface area contributed by atoms with Crippen LogP contribution in [0, 0.1) is 0 Å². The Morgan fingerprint density at radius 3 is 2.94 bits per heavy atom. The molecule has 0 aliphatic carbocycles. The lowest BCUT2D eigenvalue weighted by Crippen LogP contribution is -2.55. The second-order valence-electron chi connectivity index (χ2n) is 8.49. The van der Waals surface area contributed by atoms with Gasteiger partial charge in [0.05, 0.1) is 43.5 Å². The first-order valence-corrected chi connectivity index (χ1v) is 11.7. The molecule has 4 heterocycles. The second-order valence-corrected chi connectivity index (χ2v) is 8.93. The molecule has 0 saturated carbocycles. The van der Waals surface area contributed by atoms with Crippen LogP contribution in [0.5, 0.6) is 11.5 Å². The summed E-state index contributed by atoms with van der Waals surface area (Å²) in [5.74, 6) is 0.584. The lowest BCUT2D eigenvalue weighted by Gasteiger charge is -2.41. The molecule has 14 heteroatoms. The third-order valence-electron chi connectivity index (χ3n) is 5.86. The highest BCUT2D eigenvalue weighted by Gasteiger charge is 2.38. The molecule has 2 aromatic heterocycles. The summed E-state index contributed by atoms with van der Waals surface area (Å²) in [6.45, 7) is 3.60. The van der Waals surface area contributed by atoms with Gasteiger partial charge >= 0.3 is 6.18 Å². The van der Waals surface area contributed by atoms with Gasteiger partial charge in [0.15, 0.2) is 22.9 Å². The number of H-pyrrole nitrogens is 1. The van der Waals surface area contributed by atoms with E-state index in [9.17, 15) is 22.8 Å². The number of rotatable bonds is 7. The maximum absolute atomic E-state index is 13.1. The Labute approximate surface area is 209 Å². The summed E-state index contributed by atoms with van der Waals surface area (Å²) < 4.78 is 55.9. The van der Waals surface area contributed by atoms with Gasteiger partial charge in [0.2, 0.25) is 5.91 Å². The maximum atomic E-state index is 13.1. The van der Waals surface area contributed by atoms with Gasteiger partial charge in [-0.3, -0.25) is 9.59 Å². The average Bonchev–Trinajstić information content (AvgIpc) is 2.99. The Morgan fingerprint density at radius 2 is 2.17 bits per heavy atom. The van der Waals surface area contributed by atoms with Crippen LogP contribution in [0.1, 0.15) is 25.3 Å². The van der Waals surface area contributed by atoms with E-state index < -0.39 is 29.2 Å². The molecule has 2 atom stereocenters. The second kappa shape index (κ2) is 10.9. The van der Waals surface area contributed by atoms with Crippen molar-refractivity contribution in [2.24, 2.45) is 0 Å². The van der Waals surface area contributed by atoms with Gasteiger partial charge in [-0.15, -0.1) is 0 Å². The molecule has 0 unspecified atom stereocenters. The number of fused-ring (bicyclic) bond motifs is 3. The highest BCUT2D eigenvalue weighted by molar-refractivity contribution is 6.30. The highest BCUT2D eigenvalue weighted by Crippen LogP contribution is 2.35. The van der Waals surface area contributed by atoms with Crippen LogP contribution < -0.4 is 19.9 Å². The molecule has 2 aliphatic heterocycles. The van der Waals surface area contributed by atoms with Crippen molar-refractivity contribution in [3.05, 3.63) is 39.4 Å². The Morgan fingerprint density at radius 1 is 1.36 bits per heavy atom. The molecule has 1 saturated heterocycles. The van der Waals surface area contributed by atoms with Crippen LogP contribution in [-0.2, 0) is 15.7 Å². The van der Waals surface area contributed by atoms with Crippen LogP contribution in [0.4, 0.5) is 19.0 Å². The van der Waals surface area contributed by atoms with Crippen molar-refractivity contribution in [1.29, 1.82) is 0 Å². The van der Waals surface area contributed by atoms with Gasteiger partial charge in [0.1, 0.15) is 6.10 Å². The molecule has 196 valence electrons. The number of hydrogen-bond donors (Lipinski definition) is 1. The molecule has 0 aromatic carbocycles. The normalized spacial score (nSPS) is 18.5. The summed E-state index contributed by atoms with van der Waals surface area (Å²) >= 11 is 6.03. The van der Waals surface area contributed by atoms with Crippen molar-refractivity contribution in [2.45, 2.75) is 38.1 Å². The lowest BCUT2D eigenvalue weighted by atomic mass is 10.1. The summed E-state index contributed by atoms with van der Waals surface area (Å²) in [7, 11) is 0. The number of nitrogens with zero attached hydrogens (tertiary/aromatic N) is 4. The van der Waals surface area contributed by atoms with E-state index in [0.717, 1.165) is 18.4 Å². The summed E-state index contributed by atoms with van der Waals surface area (Å²) in [4.78, 5) is 32.6. The van der Waals surface area contributed by atoms with Gasteiger partial charge in [-0.05, 0) is 6.92 Å². The third-order valence-corrected chi connectivity index (χ3v) is 6.07. The first-order valence-electron chi connectivity index (χ1n) is 11.4. The first-order chi connectivity index (χ1) is 17.1. The van der Waals surface area contributed by atoms with Crippen molar-refractivity contribution >= 4 is 23.3 Å². The molecule has 2 aliphatic rings. The number of piperazine rings is 1. The van der Waals surface area contributed by atoms with E-state index in [4.69, 9.17) is 25.8 Å². The third kappa shape index (κ3) is 6.01. The fourth-order valence-corrected chi connectivity index (χ4v) is 4.35. The Hall–Kier alpha value is -3.06. The number of carbonyl (C=O) groups excluding carboxylic acids is 1. The van der Waals surface area contributed by atoms with Gasteiger partial charge in [0.25, 0.3) is 5.56 Å². The molecule has 36 heavy (non-hydrogen) atoms. The molecule has 10 nitrogen and oxygen atoms in total. The van der Waals surface area contributed by atoms with Crippen LogP contribution in [0.25, 0.3) is 0 Å². The predicted molar refractivity (Wildman–Crippen MR) is 122 cm³/mol. The van der Waals surface area contributed by atoms with Crippen molar-refractivity contribution in [1.82, 2.24) is 20.1 Å². The topological polar surface area (TPSA) is 110 Å². The fraction of sp³-hybridized carbons (Fsp3) is 0.545. The first kappa shape index (κ1) is 26.0. The number of hydrogen-bond acceptors (Lipinski definition) is 8. The SMILES string of the molecule is C[C@@H](COCCC(=O)N1CCN2c3ncc(Cl)cc3OCC[C@H]2C1)Oc1cn[nH]c(=O)c1C(F)(F)F. The van der Waals surface area contributed by atoms with Gasteiger partial charge < -0.3 is 24.0 Å². The van der Waals surface area contributed by atoms with Crippen molar-refractivity contribution in [3.8, 4) is 11.5 Å². The number of aromatic nitrogens is 3. The van der Waals surface area contributed by atoms with E-state index in [1.807, 2.05) is 0 Å². The quantitative estimate of drug-likeness (QED) is 0.543. The minimum absolute atomic E-state index is 0.0532. The van der Waals surface area contributed by atoms with E-state index in [-0.39, 0.29) is 31.6 Å². The maximum Gasteiger partial charge on any atom is 0.425 e. The zero-order chi connectivity index (χ0) is 25.9. The van der Waals surface area contributed by atoms with Crippen molar-refractivity contribution in [3.63, 3.8) is 0 Å². The number of pyridine rings is 1. The molecule has 2 aromatic rings. The van der Waals surface area contributed by atoms with Gasteiger partial charge in [-0.1, -0.05) is 11.6 Å². The van der Waals surface area contributed by atoms with Crippen LogP contribution in [0.2, 0.25) is 5.02 Å². The van der Waals surface area contributed by atoms with Crippen LogP contribution in [-0.4, -0.2) is 77.6 Å². The van der Waals surface area contributed by atoms with Crippen molar-refractivity contribution < 1.29 is 32.2 Å². The summed E-state index contributed by atoms with van der Waals surface area (Å²) in [6.07, 6.45) is -2.49. The van der Waals surface area contributed by atoms with Crippen LogP contribution in [0.15, 0.2) is 23.3 Å². The van der Waals surface area contributed by atoms with E-state index in [0.29, 0.717) is 37.0 Å². The van der Waals surface area contributed by atoms with Gasteiger partial charge in [0, 0.05) is 38.3 Å². The number of anilines is 1. The van der Waals surface area contributed by atoms with Crippen molar-refractivity contribution in [2.75, 3.05) is 44.4 Å². The molecule has 0 radical (unpaired) electrons. The van der Waals surface area contributed by atoms with E-state index in [2.05, 4.69) is 15.0 Å². The monoisotopic (exact) mass is 531 g/mol. The van der Waals surface area contributed by atoms with Gasteiger partial charge in [-0.2, -0.15) is 18.3 Å². The van der Waals surface area contributed by atoms with E-state index >= 15 is 0 Å². The Bertz CT molecular complexity index is 1150. The number of nitrogens with one attached hydrogen (secondary N) is 1. The molecule has 1 N–H and O–H groups in total. The zero-order valence-corrected chi connectivity index (χ0v) is 20.1. The number of alkyl halides is 3. The average molecular weight is 532 g/mol.